The number of carbonyl (C=O) groups is 3. The average molecular weight is 398 g/mol. The van der Waals surface area contributed by atoms with Gasteiger partial charge in [0.25, 0.3) is 0 Å². The first kappa shape index (κ1) is 18.4. The minimum absolute atomic E-state index is 0.102. The van der Waals surface area contributed by atoms with Crippen LogP contribution >= 0.6 is 15.9 Å². The van der Waals surface area contributed by atoms with Gasteiger partial charge < -0.3 is 14.4 Å². The highest BCUT2D eigenvalue weighted by Gasteiger charge is 2.38. The standard InChI is InChI=1S/C17H20BrNO5/c1-9(2)15-6-11-5-14(18)13(17(22)23-4)7-12(11)16(19(15)8-20)24-10(3)21/h5,7-9,15-16H,6H2,1-4H3. The topological polar surface area (TPSA) is 72.9 Å². The molecular weight excluding hydrogens is 378 g/mol. The van der Waals surface area contributed by atoms with Gasteiger partial charge in [-0.1, -0.05) is 13.8 Å². The monoisotopic (exact) mass is 397 g/mol. The first-order valence-electron chi connectivity index (χ1n) is 7.60. The first-order chi connectivity index (χ1) is 11.3. The van der Waals surface area contributed by atoms with E-state index in [2.05, 4.69) is 15.9 Å². The number of hydrogen-bond donors (Lipinski definition) is 0. The van der Waals surface area contributed by atoms with E-state index in [1.165, 1.54) is 18.9 Å². The Morgan fingerprint density at radius 2 is 2.04 bits per heavy atom. The Morgan fingerprint density at radius 3 is 2.54 bits per heavy atom. The SMILES string of the molecule is COC(=O)c1cc2c(cc1Br)CC(C(C)C)N(C=O)C2OC(C)=O. The molecule has 1 aromatic carbocycles. The third-order valence-corrected chi connectivity index (χ3v) is 4.81. The van der Waals surface area contributed by atoms with Crippen LogP contribution in [0.4, 0.5) is 0 Å². The highest BCUT2D eigenvalue weighted by atomic mass is 79.9. The maximum atomic E-state index is 11.9. The third-order valence-electron chi connectivity index (χ3n) is 4.15. The van der Waals surface area contributed by atoms with Crippen LogP contribution in [0.15, 0.2) is 16.6 Å². The lowest BCUT2D eigenvalue weighted by Crippen LogP contribution is -2.47. The molecule has 1 aliphatic rings. The molecule has 0 N–H and O–H groups in total. The molecule has 1 aromatic rings. The number of hydrogen-bond acceptors (Lipinski definition) is 5. The van der Waals surface area contributed by atoms with Crippen molar-refractivity contribution < 1.29 is 23.9 Å². The summed E-state index contributed by atoms with van der Waals surface area (Å²) in [6.07, 6.45) is 0.456. The molecule has 0 saturated heterocycles. The molecule has 6 nitrogen and oxygen atoms in total. The van der Waals surface area contributed by atoms with E-state index in [1.807, 2.05) is 19.9 Å². The second kappa shape index (κ2) is 7.34. The highest BCUT2D eigenvalue weighted by Crippen LogP contribution is 2.38. The molecule has 0 saturated carbocycles. The van der Waals surface area contributed by atoms with Crippen LogP contribution in [0.3, 0.4) is 0 Å². The number of fused-ring (bicyclic) bond motifs is 1. The Hall–Kier alpha value is -1.89. The number of amides is 1. The second-order valence-corrected chi connectivity index (χ2v) is 6.91. The molecule has 1 heterocycles. The van der Waals surface area contributed by atoms with Gasteiger partial charge in [0.2, 0.25) is 12.6 Å². The van der Waals surface area contributed by atoms with Crippen molar-refractivity contribution in [2.75, 3.05) is 7.11 Å². The zero-order valence-corrected chi connectivity index (χ0v) is 15.6. The van der Waals surface area contributed by atoms with Gasteiger partial charge in [-0.15, -0.1) is 0 Å². The summed E-state index contributed by atoms with van der Waals surface area (Å²) in [5.41, 5.74) is 1.87. The van der Waals surface area contributed by atoms with Crippen LogP contribution in [0.1, 0.15) is 48.5 Å². The maximum Gasteiger partial charge on any atom is 0.339 e. The van der Waals surface area contributed by atoms with Crippen molar-refractivity contribution in [3.63, 3.8) is 0 Å². The zero-order chi connectivity index (χ0) is 18.0. The van der Waals surface area contributed by atoms with Crippen LogP contribution < -0.4 is 0 Å². The predicted octanol–water partition coefficient (Wildman–Crippen LogP) is 2.84. The molecule has 0 radical (unpaired) electrons. The number of halogens is 1. The molecule has 1 aliphatic heterocycles. The number of ether oxygens (including phenoxy) is 2. The normalized spacial score (nSPS) is 19.7. The van der Waals surface area contributed by atoms with Crippen LogP contribution in [0.2, 0.25) is 0 Å². The molecule has 0 spiro atoms. The number of nitrogens with zero attached hydrogens (tertiary/aromatic N) is 1. The van der Waals surface area contributed by atoms with Gasteiger partial charge in [0.15, 0.2) is 0 Å². The first-order valence-corrected chi connectivity index (χ1v) is 8.40. The van der Waals surface area contributed by atoms with Crippen molar-refractivity contribution >= 4 is 34.3 Å². The van der Waals surface area contributed by atoms with Crippen LogP contribution in [-0.2, 0) is 25.5 Å². The van der Waals surface area contributed by atoms with Crippen molar-refractivity contribution in [3.8, 4) is 0 Å². The van der Waals surface area contributed by atoms with Gasteiger partial charge in [0.1, 0.15) is 0 Å². The molecule has 0 aliphatic carbocycles. The van der Waals surface area contributed by atoms with E-state index < -0.39 is 18.2 Å². The Labute approximate surface area is 149 Å². The molecule has 2 atom stereocenters. The molecule has 0 bridgehead atoms. The van der Waals surface area contributed by atoms with E-state index >= 15 is 0 Å². The molecule has 2 unspecified atom stereocenters. The summed E-state index contributed by atoms with van der Waals surface area (Å²) in [4.78, 5) is 36.6. The number of benzene rings is 1. The quantitative estimate of drug-likeness (QED) is 0.576. The summed E-state index contributed by atoms with van der Waals surface area (Å²) in [7, 11) is 1.30. The van der Waals surface area contributed by atoms with E-state index in [1.54, 1.807) is 6.07 Å². The second-order valence-electron chi connectivity index (χ2n) is 6.05. The van der Waals surface area contributed by atoms with Crippen LogP contribution in [0.5, 0.6) is 0 Å². The van der Waals surface area contributed by atoms with Crippen LogP contribution in [-0.4, -0.2) is 36.4 Å². The molecule has 0 fully saturated rings. The Bertz CT molecular complexity index is 673. The number of methoxy groups -OCH3 is 1. The van der Waals surface area contributed by atoms with Crippen LogP contribution in [0, 0.1) is 5.92 Å². The van der Waals surface area contributed by atoms with Crippen molar-refractivity contribution in [2.45, 2.75) is 39.5 Å². The fourth-order valence-electron chi connectivity index (χ4n) is 2.96. The van der Waals surface area contributed by atoms with Gasteiger partial charge in [-0.2, -0.15) is 0 Å². The summed E-state index contributed by atoms with van der Waals surface area (Å²) in [6, 6.07) is 3.34. The summed E-state index contributed by atoms with van der Waals surface area (Å²) in [5, 5.41) is 0. The fraction of sp³-hybridized carbons (Fsp3) is 0.471. The van der Waals surface area contributed by atoms with E-state index in [9.17, 15) is 14.4 Å². The predicted molar refractivity (Wildman–Crippen MR) is 90.2 cm³/mol. The van der Waals surface area contributed by atoms with Gasteiger partial charge in [0, 0.05) is 23.0 Å². The van der Waals surface area contributed by atoms with Gasteiger partial charge in [-0.3, -0.25) is 9.59 Å². The van der Waals surface area contributed by atoms with Crippen molar-refractivity contribution in [2.24, 2.45) is 5.92 Å². The lowest BCUT2D eigenvalue weighted by Gasteiger charge is -2.42. The number of carbonyl (C=O) groups excluding carboxylic acids is 3. The molecule has 7 heteroatoms. The summed E-state index contributed by atoms with van der Waals surface area (Å²) >= 11 is 3.39. The Morgan fingerprint density at radius 1 is 1.38 bits per heavy atom. The molecule has 1 amide bonds. The third kappa shape index (κ3) is 3.45. The lowest BCUT2D eigenvalue weighted by atomic mass is 9.86. The fourth-order valence-corrected chi connectivity index (χ4v) is 3.52. The molecule has 0 aromatic heterocycles. The smallest absolute Gasteiger partial charge is 0.339 e. The minimum Gasteiger partial charge on any atom is -0.465 e. The molecule has 2 rings (SSSR count). The van der Waals surface area contributed by atoms with E-state index in [0.29, 0.717) is 28.4 Å². The van der Waals surface area contributed by atoms with Gasteiger partial charge >= 0.3 is 11.9 Å². The van der Waals surface area contributed by atoms with E-state index in [-0.39, 0.29) is 12.0 Å². The number of esters is 2. The minimum atomic E-state index is -0.854. The van der Waals surface area contributed by atoms with Crippen molar-refractivity contribution in [3.05, 3.63) is 33.3 Å². The molecule has 24 heavy (non-hydrogen) atoms. The average Bonchev–Trinajstić information content (AvgIpc) is 2.52. The number of rotatable bonds is 4. The van der Waals surface area contributed by atoms with E-state index in [0.717, 1.165) is 5.56 Å². The maximum absolute atomic E-state index is 11.9. The summed E-state index contributed by atoms with van der Waals surface area (Å²) in [5.74, 6) is -0.819. The Kier molecular flexibility index (Phi) is 5.64. The van der Waals surface area contributed by atoms with Crippen molar-refractivity contribution in [1.82, 2.24) is 4.90 Å². The van der Waals surface area contributed by atoms with Crippen LogP contribution in [0.25, 0.3) is 0 Å². The zero-order valence-electron chi connectivity index (χ0n) is 14.0. The van der Waals surface area contributed by atoms with Gasteiger partial charge in [-0.25, -0.2) is 4.79 Å². The summed E-state index contributed by atoms with van der Waals surface area (Å²) < 4.78 is 10.8. The molecular formula is C17H20BrNO5. The molecule has 130 valence electrons. The van der Waals surface area contributed by atoms with Gasteiger partial charge in [0.05, 0.1) is 12.7 Å². The highest BCUT2D eigenvalue weighted by molar-refractivity contribution is 9.10. The lowest BCUT2D eigenvalue weighted by molar-refractivity contribution is -0.165. The van der Waals surface area contributed by atoms with Gasteiger partial charge in [-0.05, 0) is 46.0 Å². The Balaban J connectivity index is 2.61. The largest absolute Gasteiger partial charge is 0.465 e. The summed E-state index contributed by atoms with van der Waals surface area (Å²) in [6.45, 7) is 5.31. The van der Waals surface area contributed by atoms with Crippen molar-refractivity contribution in [1.29, 1.82) is 0 Å². The van der Waals surface area contributed by atoms with E-state index in [4.69, 9.17) is 9.47 Å².